The normalized spacial score (nSPS) is 17.7. The Bertz CT molecular complexity index is 2270. The Kier molecular flexibility index (Phi) is 8.87. The third-order valence-electron chi connectivity index (χ3n) is 11.6. The minimum absolute atomic E-state index is 0.0238. The second-order valence-electron chi connectivity index (χ2n) is 17.6. The lowest BCUT2D eigenvalue weighted by Gasteiger charge is -2.42. The molecule has 2 aliphatic rings. The van der Waals surface area contributed by atoms with Crippen LogP contribution in [0.15, 0.2) is 84.0 Å². The van der Waals surface area contributed by atoms with Crippen LogP contribution in [0, 0.1) is 40.5 Å². The summed E-state index contributed by atoms with van der Waals surface area (Å²) in [4.78, 5) is 12.5. The third kappa shape index (κ3) is 6.53. The Morgan fingerprint density at radius 3 is 2.08 bits per heavy atom. The second-order valence-corrected chi connectivity index (χ2v) is 17.6. The van der Waals surface area contributed by atoms with Gasteiger partial charge in [-0.25, -0.2) is 9.98 Å². The molecule has 274 valence electrons. The number of rotatable bonds is 6. The zero-order chi connectivity index (χ0) is 38.2. The second kappa shape index (κ2) is 12.9. The van der Waals surface area contributed by atoms with Gasteiger partial charge in [-0.1, -0.05) is 83.9 Å². The van der Waals surface area contributed by atoms with Crippen LogP contribution in [0.2, 0.25) is 0 Å². The minimum Gasteiger partial charge on any atom is -0.475 e. The predicted octanol–water partition coefficient (Wildman–Crippen LogP) is 12.7. The number of nitrogens with zero attached hydrogens (tertiary/aromatic N) is 3. The molecule has 5 heteroatoms. The molecule has 0 saturated carbocycles. The van der Waals surface area contributed by atoms with Gasteiger partial charge < -0.3 is 9.47 Å². The van der Waals surface area contributed by atoms with Crippen molar-refractivity contribution in [1.29, 1.82) is 0 Å². The molecule has 5 nitrogen and oxygen atoms in total. The van der Waals surface area contributed by atoms with Gasteiger partial charge in [0, 0.05) is 23.2 Å². The van der Waals surface area contributed by atoms with Crippen LogP contribution in [0.1, 0.15) is 105 Å². The summed E-state index contributed by atoms with van der Waals surface area (Å²) < 4.78 is 13.4. The van der Waals surface area contributed by atoms with Gasteiger partial charge >= 0.3 is 0 Å². The van der Waals surface area contributed by atoms with E-state index in [4.69, 9.17) is 19.5 Å². The lowest BCUT2D eigenvalue weighted by molar-refractivity contribution is 0.224. The highest BCUT2D eigenvalue weighted by Gasteiger charge is 2.39. The van der Waals surface area contributed by atoms with Gasteiger partial charge in [0.1, 0.15) is 23.9 Å². The lowest BCUT2D eigenvalue weighted by Crippen LogP contribution is -2.31. The SMILES string of the molecule is Cc1cc(C)c(-c2cc(Oc3cc4c(cc3C)C(C)(C)c3cc(C)ccc3N4c3cc(C(C)(C)C)ccn3)cc(C3=N[C@](C)(C(C)C)CO3)c2)c(C)c1. The first-order chi connectivity index (χ1) is 24.9. The molecule has 5 aromatic rings. The molecular formula is C48H55N3O2. The fourth-order valence-corrected chi connectivity index (χ4v) is 7.99. The van der Waals surface area contributed by atoms with Gasteiger partial charge in [-0.2, -0.15) is 0 Å². The molecular weight excluding hydrogens is 651 g/mol. The molecule has 7 rings (SSSR count). The zero-order valence-electron chi connectivity index (χ0n) is 33.9. The van der Waals surface area contributed by atoms with E-state index in [9.17, 15) is 0 Å². The molecule has 4 aromatic carbocycles. The Morgan fingerprint density at radius 2 is 1.42 bits per heavy atom. The van der Waals surface area contributed by atoms with E-state index in [1.807, 2.05) is 6.20 Å². The van der Waals surface area contributed by atoms with Crippen molar-refractivity contribution in [1.82, 2.24) is 4.98 Å². The minimum atomic E-state index is -0.277. The lowest BCUT2D eigenvalue weighted by atomic mass is 9.72. The van der Waals surface area contributed by atoms with E-state index in [0.717, 1.165) is 45.4 Å². The molecule has 0 saturated heterocycles. The van der Waals surface area contributed by atoms with Crippen LogP contribution in [0.5, 0.6) is 11.5 Å². The highest BCUT2D eigenvalue weighted by atomic mass is 16.5. The van der Waals surface area contributed by atoms with Crippen LogP contribution in [0.25, 0.3) is 11.1 Å². The van der Waals surface area contributed by atoms with Crippen molar-refractivity contribution in [2.75, 3.05) is 11.5 Å². The smallest absolute Gasteiger partial charge is 0.216 e. The first-order valence-electron chi connectivity index (χ1n) is 19.0. The fourth-order valence-electron chi connectivity index (χ4n) is 7.99. The number of fused-ring (bicyclic) bond motifs is 2. The van der Waals surface area contributed by atoms with Crippen molar-refractivity contribution < 1.29 is 9.47 Å². The molecule has 0 spiro atoms. The largest absolute Gasteiger partial charge is 0.475 e. The Morgan fingerprint density at radius 1 is 0.736 bits per heavy atom. The molecule has 0 fully saturated rings. The Labute approximate surface area is 317 Å². The predicted molar refractivity (Wildman–Crippen MR) is 221 cm³/mol. The van der Waals surface area contributed by atoms with Gasteiger partial charge in [-0.15, -0.1) is 0 Å². The molecule has 0 radical (unpaired) electrons. The van der Waals surface area contributed by atoms with Crippen molar-refractivity contribution in [3.05, 3.63) is 129 Å². The van der Waals surface area contributed by atoms with Gasteiger partial charge in [-0.3, -0.25) is 4.90 Å². The van der Waals surface area contributed by atoms with E-state index in [0.29, 0.717) is 18.4 Å². The van der Waals surface area contributed by atoms with Gasteiger partial charge in [0.15, 0.2) is 0 Å². The number of benzene rings is 4. The molecule has 0 aliphatic carbocycles. The molecule has 0 bridgehead atoms. The van der Waals surface area contributed by atoms with E-state index < -0.39 is 0 Å². The van der Waals surface area contributed by atoms with Crippen molar-refractivity contribution in [3.8, 4) is 22.6 Å². The molecule has 0 amide bonds. The monoisotopic (exact) mass is 705 g/mol. The summed E-state index contributed by atoms with van der Waals surface area (Å²) >= 11 is 0. The summed E-state index contributed by atoms with van der Waals surface area (Å²) in [6.45, 7) is 29.4. The van der Waals surface area contributed by atoms with Crippen LogP contribution in [0.4, 0.5) is 17.2 Å². The van der Waals surface area contributed by atoms with Crippen molar-refractivity contribution in [2.45, 2.75) is 106 Å². The van der Waals surface area contributed by atoms with Crippen LogP contribution in [-0.4, -0.2) is 23.0 Å². The molecule has 0 unspecified atom stereocenters. The molecule has 3 heterocycles. The Balaban J connectivity index is 1.41. The first-order valence-corrected chi connectivity index (χ1v) is 19.0. The van der Waals surface area contributed by atoms with Crippen LogP contribution < -0.4 is 9.64 Å². The van der Waals surface area contributed by atoms with Crippen LogP contribution in [0.3, 0.4) is 0 Å². The molecule has 1 atom stereocenters. The number of aromatic nitrogens is 1. The number of aliphatic imine (C=N–C) groups is 1. The van der Waals surface area contributed by atoms with Gasteiger partial charge in [0.25, 0.3) is 0 Å². The standard InChI is InChI=1S/C48H55N3O2/c1-28(2)48(13)27-52-45(50-48)35-22-34(44-32(6)18-30(4)19-33(44)7)23-37(24-35)53-42-26-41-39(21-31(42)5)47(11,12)38-20-29(3)14-15-40(38)51(41)43-25-36(16-17-49-43)46(8,9)10/h14-26,28H,27H2,1-13H3/t48-/m0/s1. The highest BCUT2D eigenvalue weighted by molar-refractivity contribution is 5.97. The van der Waals surface area contributed by atoms with E-state index in [2.05, 4.69) is 168 Å². The summed E-state index contributed by atoms with van der Waals surface area (Å²) in [7, 11) is 0. The quantitative estimate of drug-likeness (QED) is 0.176. The number of hydrogen-bond donors (Lipinski definition) is 0. The van der Waals surface area contributed by atoms with Crippen molar-refractivity contribution in [3.63, 3.8) is 0 Å². The summed E-state index contributed by atoms with van der Waals surface area (Å²) in [6, 6.07) is 26.6. The summed E-state index contributed by atoms with van der Waals surface area (Å²) in [6.07, 6.45) is 1.94. The van der Waals surface area contributed by atoms with Crippen molar-refractivity contribution in [2.24, 2.45) is 10.9 Å². The van der Waals surface area contributed by atoms with E-state index >= 15 is 0 Å². The van der Waals surface area contributed by atoms with Gasteiger partial charge in [0.05, 0.1) is 16.9 Å². The fraction of sp³-hybridized carbons (Fsp3) is 0.375. The Hall–Kier alpha value is -4.90. The summed E-state index contributed by atoms with van der Waals surface area (Å²) in [5.41, 5.74) is 14.7. The maximum absolute atomic E-state index is 7.02. The van der Waals surface area contributed by atoms with Gasteiger partial charge in [-0.05, 0) is 140 Å². The summed E-state index contributed by atoms with van der Waals surface area (Å²) in [5.74, 6) is 3.46. The number of aryl methyl sites for hydroxylation is 5. The maximum Gasteiger partial charge on any atom is 0.216 e. The number of anilines is 3. The number of ether oxygens (including phenoxy) is 2. The van der Waals surface area contributed by atoms with E-state index in [1.165, 1.54) is 44.5 Å². The maximum atomic E-state index is 7.02. The molecule has 53 heavy (non-hydrogen) atoms. The average molecular weight is 706 g/mol. The zero-order valence-corrected chi connectivity index (χ0v) is 33.9. The average Bonchev–Trinajstić information content (AvgIpc) is 3.49. The van der Waals surface area contributed by atoms with Crippen LogP contribution >= 0.6 is 0 Å². The highest BCUT2D eigenvalue weighted by Crippen LogP contribution is 2.53. The molecule has 2 aliphatic heterocycles. The number of hydrogen-bond acceptors (Lipinski definition) is 5. The van der Waals surface area contributed by atoms with Crippen molar-refractivity contribution >= 4 is 23.1 Å². The third-order valence-corrected chi connectivity index (χ3v) is 11.6. The molecule has 0 N–H and O–H groups in total. The van der Waals surface area contributed by atoms with Gasteiger partial charge in [0.2, 0.25) is 5.90 Å². The summed E-state index contributed by atoms with van der Waals surface area (Å²) in [5, 5.41) is 0. The first kappa shape index (κ1) is 36.5. The van der Waals surface area contributed by atoms with E-state index in [-0.39, 0.29) is 16.4 Å². The molecule has 1 aromatic heterocycles. The topological polar surface area (TPSA) is 47.0 Å². The van der Waals surface area contributed by atoms with Crippen LogP contribution in [-0.2, 0) is 15.6 Å². The van der Waals surface area contributed by atoms with E-state index in [1.54, 1.807) is 0 Å². The number of pyridine rings is 1.